The molecule has 2 amide bonds. The molecule has 8 nitrogen and oxygen atoms in total. The number of nitrogens with zero attached hydrogens (tertiary/aromatic N) is 1. The van der Waals surface area contributed by atoms with Gasteiger partial charge in [-0.2, -0.15) is 0 Å². The van der Waals surface area contributed by atoms with Crippen molar-refractivity contribution in [3.63, 3.8) is 0 Å². The van der Waals surface area contributed by atoms with Crippen LogP contribution in [0.3, 0.4) is 0 Å². The largest absolute Gasteiger partial charge is 0.481 e. The van der Waals surface area contributed by atoms with Gasteiger partial charge in [0.15, 0.2) is 0 Å². The lowest BCUT2D eigenvalue weighted by Crippen LogP contribution is -2.50. The smallest absolute Gasteiger partial charge is 0.305 e. The zero-order valence-corrected chi connectivity index (χ0v) is 22.1. The van der Waals surface area contributed by atoms with E-state index < -0.39 is 29.6 Å². The number of carboxylic acids is 1. The normalized spacial score (nSPS) is 17.8. The zero-order chi connectivity index (χ0) is 28.1. The van der Waals surface area contributed by atoms with Crippen LogP contribution in [0.4, 0.5) is 15.8 Å². The number of benzene rings is 3. The molecule has 0 aromatic heterocycles. The SMILES string of the molecule is Cc1ccc(C(CC(=O)O)NC(=O)c2ccc(N3C(C)COCC3C)c(NC(=O)c3cccc(F)c3)c2)cc1. The summed E-state index contributed by atoms with van der Waals surface area (Å²) in [6.07, 6.45) is -0.293. The number of rotatable bonds is 8. The van der Waals surface area contributed by atoms with Crippen LogP contribution in [0.1, 0.15) is 58.2 Å². The first-order valence-corrected chi connectivity index (χ1v) is 12.8. The first-order chi connectivity index (χ1) is 18.6. The Hall–Kier alpha value is -4.24. The Kier molecular flexibility index (Phi) is 8.61. The number of anilines is 2. The Balaban J connectivity index is 1.67. The van der Waals surface area contributed by atoms with Gasteiger partial charge in [-0.25, -0.2) is 4.39 Å². The number of hydrogen-bond acceptors (Lipinski definition) is 5. The second kappa shape index (κ2) is 12.1. The Morgan fingerprint density at radius 3 is 2.28 bits per heavy atom. The van der Waals surface area contributed by atoms with Crippen LogP contribution in [-0.4, -0.2) is 48.2 Å². The molecule has 0 saturated carbocycles. The molecular weight excluding hydrogens is 501 g/mol. The Morgan fingerprint density at radius 2 is 1.64 bits per heavy atom. The molecular formula is C30H32FN3O5. The lowest BCUT2D eigenvalue weighted by Gasteiger charge is -2.41. The number of morpholine rings is 1. The van der Waals surface area contributed by atoms with Crippen LogP contribution >= 0.6 is 0 Å². The number of carbonyl (C=O) groups is 3. The average Bonchev–Trinajstić information content (AvgIpc) is 2.89. The van der Waals surface area contributed by atoms with Crippen molar-refractivity contribution < 1.29 is 28.6 Å². The van der Waals surface area contributed by atoms with Gasteiger partial charge in [-0.3, -0.25) is 14.4 Å². The van der Waals surface area contributed by atoms with Crippen LogP contribution in [0.15, 0.2) is 66.7 Å². The molecule has 3 atom stereocenters. The van der Waals surface area contributed by atoms with Gasteiger partial charge in [0, 0.05) is 23.2 Å². The van der Waals surface area contributed by atoms with Crippen molar-refractivity contribution in [2.45, 2.75) is 45.3 Å². The van der Waals surface area contributed by atoms with Gasteiger partial charge in [0.05, 0.1) is 37.1 Å². The summed E-state index contributed by atoms with van der Waals surface area (Å²) in [5.41, 5.74) is 3.13. The molecule has 4 rings (SSSR count). The summed E-state index contributed by atoms with van der Waals surface area (Å²) >= 11 is 0. The van der Waals surface area contributed by atoms with Crippen molar-refractivity contribution in [1.82, 2.24) is 5.32 Å². The maximum absolute atomic E-state index is 13.8. The van der Waals surface area contributed by atoms with E-state index in [1.54, 1.807) is 30.3 Å². The molecule has 1 heterocycles. The highest BCUT2D eigenvalue weighted by Gasteiger charge is 2.29. The molecule has 3 N–H and O–H groups in total. The summed E-state index contributed by atoms with van der Waals surface area (Å²) in [4.78, 5) is 40.1. The molecule has 204 valence electrons. The predicted molar refractivity (Wildman–Crippen MR) is 147 cm³/mol. The fraction of sp³-hybridized carbons (Fsp3) is 0.300. The number of hydrogen-bond donors (Lipinski definition) is 3. The Bertz CT molecular complexity index is 1350. The second-order valence-electron chi connectivity index (χ2n) is 9.87. The average molecular weight is 534 g/mol. The van der Waals surface area contributed by atoms with E-state index in [1.807, 2.05) is 32.9 Å². The van der Waals surface area contributed by atoms with E-state index in [2.05, 4.69) is 15.5 Å². The topological polar surface area (TPSA) is 108 Å². The third kappa shape index (κ3) is 6.80. The number of amides is 2. The fourth-order valence-electron chi connectivity index (χ4n) is 4.77. The minimum Gasteiger partial charge on any atom is -0.481 e. The number of aliphatic carboxylic acids is 1. The van der Waals surface area contributed by atoms with Crippen molar-refractivity contribution in [3.05, 3.63) is 94.8 Å². The van der Waals surface area contributed by atoms with Crippen molar-refractivity contribution in [2.75, 3.05) is 23.4 Å². The standard InChI is InChI=1S/C30H32FN3O5/c1-18-7-9-21(10-8-18)25(15-28(35)36)32-30(38)23-11-12-27(34-19(2)16-39-17-20(34)3)26(14-23)33-29(37)22-5-4-6-24(31)13-22/h4-14,19-20,25H,15-17H2,1-3H3,(H,32,38)(H,33,37)(H,35,36). The summed E-state index contributed by atoms with van der Waals surface area (Å²) in [6.45, 7) is 6.93. The van der Waals surface area contributed by atoms with E-state index in [0.717, 1.165) is 11.6 Å². The number of aryl methyl sites for hydroxylation is 1. The van der Waals surface area contributed by atoms with E-state index in [1.165, 1.54) is 18.2 Å². The highest BCUT2D eigenvalue weighted by molar-refractivity contribution is 6.07. The van der Waals surface area contributed by atoms with Gasteiger partial charge >= 0.3 is 5.97 Å². The number of nitrogens with one attached hydrogen (secondary N) is 2. The van der Waals surface area contributed by atoms with Gasteiger partial charge < -0.3 is 25.4 Å². The van der Waals surface area contributed by atoms with Crippen LogP contribution in [-0.2, 0) is 9.53 Å². The van der Waals surface area contributed by atoms with Gasteiger partial charge in [0.2, 0.25) is 0 Å². The molecule has 3 aromatic carbocycles. The molecule has 0 aliphatic carbocycles. The molecule has 0 spiro atoms. The van der Waals surface area contributed by atoms with E-state index in [4.69, 9.17) is 4.74 Å². The third-order valence-electron chi connectivity index (χ3n) is 6.70. The molecule has 1 aliphatic heterocycles. The van der Waals surface area contributed by atoms with Crippen molar-refractivity contribution in [3.8, 4) is 0 Å². The fourth-order valence-corrected chi connectivity index (χ4v) is 4.77. The minimum absolute atomic E-state index is 0.000248. The van der Waals surface area contributed by atoms with Crippen LogP contribution < -0.4 is 15.5 Å². The predicted octanol–water partition coefficient (Wildman–Crippen LogP) is 4.95. The summed E-state index contributed by atoms with van der Waals surface area (Å²) in [5.74, 6) is -2.59. The number of halogens is 1. The van der Waals surface area contributed by atoms with E-state index in [0.29, 0.717) is 30.2 Å². The molecule has 1 aliphatic rings. The quantitative estimate of drug-likeness (QED) is 0.378. The number of carboxylic acid groups (broad SMARTS) is 1. The Labute approximate surface area is 226 Å². The number of ether oxygens (including phenoxy) is 1. The maximum Gasteiger partial charge on any atom is 0.305 e. The highest BCUT2D eigenvalue weighted by atomic mass is 19.1. The van der Waals surface area contributed by atoms with Crippen LogP contribution in [0.2, 0.25) is 0 Å². The monoisotopic (exact) mass is 533 g/mol. The molecule has 39 heavy (non-hydrogen) atoms. The molecule has 0 radical (unpaired) electrons. The van der Waals surface area contributed by atoms with Gasteiger partial charge in [-0.05, 0) is 62.7 Å². The minimum atomic E-state index is -1.05. The maximum atomic E-state index is 13.8. The van der Waals surface area contributed by atoms with Gasteiger partial charge in [0.25, 0.3) is 11.8 Å². The van der Waals surface area contributed by atoms with Crippen molar-refractivity contribution >= 4 is 29.2 Å². The first kappa shape index (κ1) is 27.8. The number of carbonyl (C=O) groups excluding carboxylic acids is 2. The summed E-state index contributed by atoms with van der Waals surface area (Å²) in [6, 6.07) is 16.9. The summed E-state index contributed by atoms with van der Waals surface area (Å²) in [7, 11) is 0. The molecule has 3 aromatic rings. The van der Waals surface area contributed by atoms with Crippen molar-refractivity contribution in [2.24, 2.45) is 0 Å². The van der Waals surface area contributed by atoms with E-state index >= 15 is 0 Å². The van der Waals surface area contributed by atoms with Crippen LogP contribution in [0, 0.1) is 12.7 Å². The van der Waals surface area contributed by atoms with Crippen LogP contribution in [0.25, 0.3) is 0 Å². The van der Waals surface area contributed by atoms with Crippen LogP contribution in [0.5, 0.6) is 0 Å². The zero-order valence-electron chi connectivity index (χ0n) is 22.1. The third-order valence-corrected chi connectivity index (χ3v) is 6.70. The van der Waals surface area contributed by atoms with Gasteiger partial charge in [0.1, 0.15) is 5.82 Å². The lowest BCUT2D eigenvalue weighted by molar-refractivity contribution is -0.137. The summed E-state index contributed by atoms with van der Waals surface area (Å²) < 4.78 is 19.4. The van der Waals surface area contributed by atoms with E-state index in [-0.39, 0.29) is 29.6 Å². The lowest BCUT2D eigenvalue weighted by atomic mass is 10.0. The first-order valence-electron chi connectivity index (χ1n) is 12.8. The molecule has 9 heteroatoms. The Morgan fingerprint density at radius 1 is 0.974 bits per heavy atom. The molecule has 1 fully saturated rings. The molecule has 3 unspecified atom stereocenters. The molecule has 0 bridgehead atoms. The second-order valence-corrected chi connectivity index (χ2v) is 9.87. The summed E-state index contributed by atoms with van der Waals surface area (Å²) in [5, 5.41) is 15.1. The van der Waals surface area contributed by atoms with Gasteiger partial charge in [-0.15, -0.1) is 0 Å². The molecule has 1 saturated heterocycles. The highest BCUT2D eigenvalue weighted by Crippen LogP contribution is 2.33. The van der Waals surface area contributed by atoms with Crippen molar-refractivity contribution in [1.29, 1.82) is 0 Å². The van der Waals surface area contributed by atoms with E-state index in [9.17, 15) is 23.9 Å². The van der Waals surface area contributed by atoms with Gasteiger partial charge in [-0.1, -0.05) is 35.9 Å².